The van der Waals surface area contributed by atoms with Gasteiger partial charge in [0.05, 0.1) is 11.1 Å². The summed E-state index contributed by atoms with van der Waals surface area (Å²) in [6.07, 6.45) is 0. The Morgan fingerprint density at radius 2 is 1.92 bits per heavy atom. The van der Waals surface area contributed by atoms with Gasteiger partial charge in [0.25, 0.3) is 0 Å². The second kappa shape index (κ2) is 6.49. The van der Waals surface area contributed by atoms with E-state index in [9.17, 15) is 9.59 Å². The number of amides is 1. The van der Waals surface area contributed by atoms with Crippen molar-refractivity contribution in [2.75, 3.05) is 5.32 Å². The molecule has 24 heavy (non-hydrogen) atoms. The summed E-state index contributed by atoms with van der Waals surface area (Å²) in [6, 6.07) is 11.7. The van der Waals surface area contributed by atoms with Crippen LogP contribution in [0.4, 0.5) is 5.69 Å². The third-order valence-electron chi connectivity index (χ3n) is 3.43. The van der Waals surface area contributed by atoms with E-state index in [0.717, 1.165) is 5.52 Å². The molecule has 2 aromatic carbocycles. The number of nitrogens with zero attached hydrogens (tertiary/aromatic N) is 3. The van der Waals surface area contributed by atoms with Gasteiger partial charge >= 0.3 is 5.97 Å². The van der Waals surface area contributed by atoms with Gasteiger partial charge in [-0.25, -0.2) is 9.48 Å². The largest absolute Gasteiger partial charge is 0.423 e. The molecule has 1 N–H and O–H groups in total. The van der Waals surface area contributed by atoms with Crippen LogP contribution in [-0.2, 0) is 11.3 Å². The first-order valence-corrected chi connectivity index (χ1v) is 7.50. The minimum Gasteiger partial charge on any atom is -0.423 e. The molecule has 7 nitrogen and oxygen atoms in total. The molecule has 0 saturated carbocycles. The van der Waals surface area contributed by atoms with Crippen LogP contribution in [0.15, 0.2) is 42.5 Å². The maximum absolute atomic E-state index is 12.2. The lowest BCUT2D eigenvalue weighted by molar-refractivity contribution is -0.114. The van der Waals surface area contributed by atoms with E-state index >= 15 is 0 Å². The molecule has 0 aliphatic heterocycles. The van der Waals surface area contributed by atoms with Gasteiger partial charge in [0, 0.05) is 19.2 Å². The zero-order chi connectivity index (χ0) is 17.1. The fraction of sp³-hybridized carbons (Fsp3) is 0.176. The standard InChI is InChI=1S/C17H16N4O3/c1-3-21-16-9-4-12(10-15(16)19-20-21)17(23)24-14-7-5-13(6-8-14)18-11(2)22/h4-10H,3H2,1-2H3,(H,18,22). The highest BCUT2D eigenvalue weighted by atomic mass is 16.5. The van der Waals surface area contributed by atoms with E-state index in [1.54, 1.807) is 47.1 Å². The van der Waals surface area contributed by atoms with Crippen molar-refractivity contribution in [3.63, 3.8) is 0 Å². The number of benzene rings is 2. The topological polar surface area (TPSA) is 86.1 Å². The molecule has 0 spiro atoms. The molecule has 0 aliphatic carbocycles. The number of esters is 1. The van der Waals surface area contributed by atoms with Gasteiger partial charge in [-0.2, -0.15) is 0 Å². The molecule has 3 aromatic rings. The van der Waals surface area contributed by atoms with Crippen molar-refractivity contribution in [1.29, 1.82) is 0 Å². The fourth-order valence-corrected chi connectivity index (χ4v) is 2.31. The molecular weight excluding hydrogens is 308 g/mol. The third kappa shape index (κ3) is 3.24. The Kier molecular flexibility index (Phi) is 4.24. The van der Waals surface area contributed by atoms with E-state index in [0.29, 0.717) is 29.1 Å². The number of hydrogen-bond acceptors (Lipinski definition) is 5. The number of fused-ring (bicyclic) bond motifs is 1. The number of anilines is 1. The van der Waals surface area contributed by atoms with Gasteiger partial charge in [-0.3, -0.25) is 4.79 Å². The number of rotatable bonds is 4. The highest BCUT2D eigenvalue weighted by Gasteiger charge is 2.12. The quantitative estimate of drug-likeness (QED) is 0.589. The SMILES string of the molecule is CCn1nnc2cc(C(=O)Oc3ccc(NC(C)=O)cc3)ccc21. The van der Waals surface area contributed by atoms with E-state index in [-0.39, 0.29) is 5.91 Å². The Hall–Kier alpha value is -3.22. The zero-order valence-electron chi connectivity index (χ0n) is 13.3. The molecule has 0 bridgehead atoms. The Balaban J connectivity index is 1.75. The summed E-state index contributed by atoms with van der Waals surface area (Å²) in [5.41, 5.74) is 2.55. The number of aryl methyl sites for hydroxylation is 1. The molecule has 0 radical (unpaired) electrons. The minimum atomic E-state index is -0.477. The van der Waals surface area contributed by atoms with Crippen LogP contribution >= 0.6 is 0 Å². The van der Waals surface area contributed by atoms with Crippen LogP contribution < -0.4 is 10.1 Å². The lowest BCUT2D eigenvalue weighted by Crippen LogP contribution is -2.09. The van der Waals surface area contributed by atoms with Crippen LogP contribution in [0.2, 0.25) is 0 Å². The molecule has 7 heteroatoms. The van der Waals surface area contributed by atoms with E-state index in [1.807, 2.05) is 6.92 Å². The predicted octanol–water partition coefficient (Wildman–Crippen LogP) is 2.63. The van der Waals surface area contributed by atoms with E-state index in [4.69, 9.17) is 4.74 Å². The van der Waals surface area contributed by atoms with Crippen molar-refractivity contribution in [3.05, 3.63) is 48.0 Å². The summed E-state index contributed by atoms with van der Waals surface area (Å²) in [7, 11) is 0. The summed E-state index contributed by atoms with van der Waals surface area (Å²) in [5.74, 6) is -0.241. The van der Waals surface area contributed by atoms with E-state index in [1.165, 1.54) is 6.92 Å². The van der Waals surface area contributed by atoms with Crippen molar-refractivity contribution < 1.29 is 14.3 Å². The fourth-order valence-electron chi connectivity index (χ4n) is 2.31. The van der Waals surface area contributed by atoms with Gasteiger partial charge in [0.15, 0.2) is 0 Å². The second-order valence-corrected chi connectivity index (χ2v) is 5.20. The molecule has 0 atom stereocenters. The smallest absolute Gasteiger partial charge is 0.343 e. The molecule has 122 valence electrons. The average molecular weight is 324 g/mol. The molecule has 1 aromatic heterocycles. The van der Waals surface area contributed by atoms with Crippen LogP contribution in [0.5, 0.6) is 5.75 Å². The summed E-state index contributed by atoms with van der Waals surface area (Å²) >= 11 is 0. The lowest BCUT2D eigenvalue weighted by atomic mass is 10.2. The normalized spacial score (nSPS) is 10.6. The Bertz CT molecular complexity index is 900. The van der Waals surface area contributed by atoms with Crippen LogP contribution in [0.1, 0.15) is 24.2 Å². The molecule has 0 saturated heterocycles. The minimum absolute atomic E-state index is 0.159. The first-order valence-electron chi connectivity index (χ1n) is 7.50. The monoisotopic (exact) mass is 324 g/mol. The van der Waals surface area contributed by atoms with Gasteiger partial charge in [-0.05, 0) is 49.4 Å². The van der Waals surface area contributed by atoms with Crippen molar-refractivity contribution in [1.82, 2.24) is 15.0 Å². The highest BCUT2D eigenvalue weighted by Crippen LogP contribution is 2.19. The number of carbonyl (C=O) groups is 2. The van der Waals surface area contributed by atoms with Crippen LogP contribution in [-0.4, -0.2) is 26.9 Å². The lowest BCUT2D eigenvalue weighted by Gasteiger charge is -2.06. The number of ether oxygens (including phenoxy) is 1. The maximum Gasteiger partial charge on any atom is 0.343 e. The molecule has 0 unspecified atom stereocenters. The summed E-state index contributed by atoms with van der Waals surface area (Å²) in [4.78, 5) is 23.2. The van der Waals surface area contributed by atoms with Crippen molar-refractivity contribution in [2.45, 2.75) is 20.4 Å². The first-order chi connectivity index (χ1) is 11.6. The average Bonchev–Trinajstić information content (AvgIpc) is 2.98. The van der Waals surface area contributed by atoms with Crippen LogP contribution in [0, 0.1) is 0 Å². The van der Waals surface area contributed by atoms with Gasteiger partial charge in [-0.15, -0.1) is 5.10 Å². The van der Waals surface area contributed by atoms with Crippen molar-refractivity contribution >= 4 is 28.6 Å². The van der Waals surface area contributed by atoms with Crippen LogP contribution in [0.25, 0.3) is 11.0 Å². The molecule has 0 aliphatic rings. The Labute approximate surface area is 138 Å². The predicted molar refractivity (Wildman–Crippen MR) is 88.9 cm³/mol. The van der Waals surface area contributed by atoms with Crippen LogP contribution in [0.3, 0.4) is 0 Å². The van der Waals surface area contributed by atoms with Crippen molar-refractivity contribution in [3.8, 4) is 5.75 Å². The number of aromatic nitrogens is 3. The third-order valence-corrected chi connectivity index (χ3v) is 3.43. The molecular formula is C17H16N4O3. The van der Waals surface area contributed by atoms with Gasteiger partial charge < -0.3 is 10.1 Å². The number of hydrogen-bond donors (Lipinski definition) is 1. The first kappa shape index (κ1) is 15.7. The number of carbonyl (C=O) groups excluding carboxylic acids is 2. The van der Waals surface area contributed by atoms with Gasteiger partial charge in [0.2, 0.25) is 5.91 Å². The summed E-state index contributed by atoms with van der Waals surface area (Å²) < 4.78 is 7.09. The highest BCUT2D eigenvalue weighted by molar-refractivity contribution is 5.95. The Morgan fingerprint density at radius 1 is 1.17 bits per heavy atom. The Morgan fingerprint density at radius 3 is 2.58 bits per heavy atom. The maximum atomic E-state index is 12.2. The van der Waals surface area contributed by atoms with E-state index in [2.05, 4.69) is 15.6 Å². The summed E-state index contributed by atoms with van der Waals surface area (Å²) in [6.45, 7) is 4.11. The van der Waals surface area contributed by atoms with E-state index < -0.39 is 5.97 Å². The molecule has 1 heterocycles. The summed E-state index contributed by atoms with van der Waals surface area (Å²) in [5, 5.41) is 10.7. The second-order valence-electron chi connectivity index (χ2n) is 5.20. The molecule has 1 amide bonds. The zero-order valence-corrected chi connectivity index (χ0v) is 13.3. The van der Waals surface area contributed by atoms with Gasteiger partial charge in [-0.1, -0.05) is 5.21 Å². The molecule has 3 rings (SSSR count). The van der Waals surface area contributed by atoms with Crippen molar-refractivity contribution in [2.24, 2.45) is 0 Å². The van der Waals surface area contributed by atoms with Gasteiger partial charge in [0.1, 0.15) is 11.3 Å². The number of nitrogens with one attached hydrogen (secondary N) is 1. The molecule has 0 fully saturated rings.